The van der Waals surface area contributed by atoms with Gasteiger partial charge in [-0.3, -0.25) is 14.5 Å². The lowest BCUT2D eigenvalue weighted by Crippen LogP contribution is -2.41. The number of rotatable bonds is 8. The standard InChI is InChI=1S/C23H30N4O5S/c1-16(2)26-33(30,31)20-9-4-17(3)21(14-20)23(29)25-19-7-5-18(6-8-19)24-22(28)15-27-10-12-32-13-11-27/h4-9,14,16,26H,10-13,15H2,1-3H3,(H,24,28)(H,25,29). The van der Waals surface area contributed by atoms with E-state index in [1.165, 1.54) is 12.1 Å². The summed E-state index contributed by atoms with van der Waals surface area (Å²) in [5.41, 5.74) is 2.07. The van der Waals surface area contributed by atoms with Crippen molar-refractivity contribution in [2.24, 2.45) is 0 Å². The lowest BCUT2D eigenvalue weighted by Gasteiger charge is -2.25. The van der Waals surface area contributed by atoms with Gasteiger partial charge in [0, 0.05) is 36.1 Å². The molecule has 1 fully saturated rings. The molecule has 2 amide bonds. The third-order valence-electron chi connectivity index (χ3n) is 5.05. The molecule has 33 heavy (non-hydrogen) atoms. The summed E-state index contributed by atoms with van der Waals surface area (Å²) in [4.78, 5) is 27.1. The van der Waals surface area contributed by atoms with Crippen LogP contribution >= 0.6 is 0 Å². The first-order chi connectivity index (χ1) is 15.6. The van der Waals surface area contributed by atoms with E-state index in [-0.39, 0.29) is 22.4 Å². The zero-order valence-electron chi connectivity index (χ0n) is 19.1. The minimum Gasteiger partial charge on any atom is -0.379 e. The van der Waals surface area contributed by atoms with Gasteiger partial charge in [0.1, 0.15) is 0 Å². The van der Waals surface area contributed by atoms with Crippen LogP contribution in [0.15, 0.2) is 47.4 Å². The number of nitrogens with one attached hydrogen (secondary N) is 3. The van der Waals surface area contributed by atoms with Crippen molar-refractivity contribution in [3.8, 4) is 0 Å². The van der Waals surface area contributed by atoms with Crippen molar-refractivity contribution in [2.45, 2.75) is 31.7 Å². The molecule has 0 bridgehead atoms. The normalized spacial score (nSPS) is 14.8. The maximum Gasteiger partial charge on any atom is 0.255 e. The van der Waals surface area contributed by atoms with Crippen LogP contribution in [0.2, 0.25) is 0 Å². The number of benzene rings is 2. The summed E-state index contributed by atoms with van der Waals surface area (Å²) in [6, 6.07) is 11.0. The molecule has 0 radical (unpaired) electrons. The second-order valence-electron chi connectivity index (χ2n) is 8.22. The van der Waals surface area contributed by atoms with Crippen molar-refractivity contribution < 1.29 is 22.7 Å². The maximum atomic E-state index is 12.8. The molecular formula is C23H30N4O5S. The molecule has 10 heteroatoms. The van der Waals surface area contributed by atoms with Crippen LogP contribution in [0.4, 0.5) is 11.4 Å². The Hall–Kier alpha value is -2.79. The Balaban J connectivity index is 1.63. The highest BCUT2D eigenvalue weighted by Crippen LogP contribution is 2.19. The predicted molar refractivity (Wildman–Crippen MR) is 127 cm³/mol. The lowest BCUT2D eigenvalue weighted by atomic mass is 10.1. The van der Waals surface area contributed by atoms with Crippen LogP contribution in [0, 0.1) is 6.92 Å². The smallest absolute Gasteiger partial charge is 0.255 e. The second kappa shape index (κ2) is 10.9. The fourth-order valence-corrected chi connectivity index (χ4v) is 4.67. The van der Waals surface area contributed by atoms with Crippen LogP contribution in [-0.2, 0) is 19.6 Å². The Kier molecular flexibility index (Phi) is 8.20. The molecule has 3 rings (SSSR count). The zero-order valence-corrected chi connectivity index (χ0v) is 19.9. The number of anilines is 2. The molecule has 0 saturated carbocycles. The fourth-order valence-electron chi connectivity index (χ4n) is 3.39. The quantitative estimate of drug-likeness (QED) is 0.540. The van der Waals surface area contributed by atoms with Gasteiger partial charge in [-0.25, -0.2) is 13.1 Å². The van der Waals surface area contributed by atoms with Crippen LogP contribution in [0.3, 0.4) is 0 Å². The molecule has 178 valence electrons. The van der Waals surface area contributed by atoms with Gasteiger partial charge in [0.05, 0.1) is 24.7 Å². The Bertz CT molecular complexity index is 1090. The average Bonchev–Trinajstić information content (AvgIpc) is 2.75. The Morgan fingerprint density at radius 3 is 2.21 bits per heavy atom. The van der Waals surface area contributed by atoms with Gasteiger partial charge in [-0.05, 0) is 62.7 Å². The average molecular weight is 475 g/mol. The number of sulfonamides is 1. The maximum absolute atomic E-state index is 12.8. The van der Waals surface area contributed by atoms with Crippen molar-refractivity contribution in [1.29, 1.82) is 0 Å². The summed E-state index contributed by atoms with van der Waals surface area (Å²) in [7, 11) is -3.71. The number of morpholine rings is 1. The first-order valence-corrected chi connectivity index (χ1v) is 12.3. The van der Waals surface area contributed by atoms with Gasteiger partial charge in [-0.15, -0.1) is 0 Å². The summed E-state index contributed by atoms with van der Waals surface area (Å²) >= 11 is 0. The van der Waals surface area contributed by atoms with E-state index in [4.69, 9.17) is 4.74 Å². The first kappa shape index (κ1) is 24.8. The third-order valence-corrected chi connectivity index (χ3v) is 6.71. The molecule has 0 aliphatic carbocycles. The second-order valence-corrected chi connectivity index (χ2v) is 9.93. The van der Waals surface area contributed by atoms with Gasteiger partial charge >= 0.3 is 0 Å². The number of hydrogen-bond donors (Lipinski definition) is 3. The molecule has 1 saturated heterocycles. The van der Waals surface area contributed by atoms with E-state index in [0.717, 1.165) is 13.1 Å². The Labute approximate surface area is 194 Å². The van der Waals surface area contributed by atoms with E-state index in [9.17, 15) is 18.0 Å². The third kappa shape index (κ3) is 7.10. The minimum atomic E-state index is -3.71. The molecule has 0 aromatic heterocycles. The molecule has 0 spiro atoms. The number of carbonyl (C=O) groups excluding carboxylic acids is 2. The van der Waals surface area contributed by atoms with Crippen LogP contribution in [0.1, 0.15) is 29.8 Å². The van der Waals surface area contributed by atoms with Gasteiger partial charge in [0.2, 0.25) is 15.9 Å². The van der Waals surface area contributed by atoms with E-state index >= 15 is 0 Å². The Morgan fingerprint density at radius 1 is 1.00 bits per heavy atom. The van der Waals surface area contributed by atoms with Crippen LogP contribution < -0.4 is 15.4 Å². The zero-order chi connectivity index (χ0) is 24.0. The topological polar surface area (TPSA) is 117 Å². The van der Waals surface area contributed by atoms with Gasteiger partial charge in [-0.2, -0.15) is 0 Å². The highest BCUT2D eigenvalue weighted by Gasteiger charge is 2.19. The summed E-state index contributed by atoms with van der Waals surface area (Å²) in [5.74, 6) is -0.532. The van der Waals surface area contributed by atoms with Gasteiger partial charge in [0.15, 0.2) is 0 Å². The number of aryl methyl sites for hydroxylation is 1. The summed E-state index contributed by atoms with van der Waals surface area (Å²) in [6.07, 6.45) is 0. The molecule has 1 aliphatic rings. The van der Waals surface area contributed by atoms with E-state index in [1.54, 1.807) is 51.1 Å². The number of hydrogen-bond acceptors (Lipinski definition) is 6. The molecule has 0 unspecified atom stereocenters. The molecule has 9 nitrogen and oxygen atoms in total. The monoisotopic (exact) mass is 474 g/mol. The van der Waals surface area contributed by atoms with Crippen molar-refractivity contribution in [1.82, 2.24) is 9.62 Å². The molecule has 1 aliphatic heterocycles. The number of nitrogens with zero attached hydrogens (tertiary/aromatic N) is 1. The molecular weight excluding hydrogens is 444 g/mol. The molecule has 0 atom stereocenters. The van der Waals surface area contributed by atoms with Crippen LogP contribution in [0.25, 0.3) is 0 Å². The largest absolute Gasteiger partial charge is 0.379 e. The number of ether oxygens (including phenoxy) is 1. The summed E-state index contributed by atoms with van der Waals surface area (Å²) < 4.78 is 32.7. The van der Waals surface area contributed by atoms with Gasteiger partial charge in [-0.1, -0.05) is 6.07 Å². The van der Waals surface area contributed by atoms with Gasteiger partial charge < -0.3 is 15.4 Å². The van der Waals surface area contributed by atoms with Crippen molar-refractivity contribution in [3.63, 3.8) is 0 Å². The number of amides is 2. The van der Waals surface area contributed by atoms with Crippen LogP contribution in [-0.4, -0.2) is 64.0 Å². The molecule has 2 aromatic rings. The predicted octanol–water partition coefficient (Wildman–Crippen LogP) is 2.20. The molecule has 2 aromatic carbocycles. The summed E-state index contributed by atoms with van der Waals surface area (Å²) in [6.45, 7) is 8.22. The number of carbonyl (C=O) groups is 2. The van der Waals surface area contributed by atoms with Crippen molar-refractivity contribution in [2.75, 3.05) is 43.5 Å². The molecule has 3 N–H and O–H groups in total. The lowest BCUT2D eigenvalue weighted by molar-refractivity contribution is -0.118. The van der Waals surface area contributed by atoms with E-state index in [1.807, 2.05) is 4.90 Å². The van der Waals surface area contributed by atoms with Crippen molar-refractivity contribution in [3.05, 3.63) is 53.6 Å². The highest BCUT2D eigenvalue weighted by molar-refractivity contribution is 7.89. The SMILES string of the molecule is Cc1ccc(S(=O)(=O)NC(C)C)cc1C(=O)Nc1ccc(NC(=O)CN2CCOCC2)cc1. The fraction of sp³-hybridized carbons (Fsp3) is 0.391. The Morgan fingerprint density at radius 2 is 1.61 bits per heavy atom. The van der Waals surface area contributed by atoms with E-state index in [0.29, 0.717) is 36.7 Å². The summed E-state index contributed by atoms with van der Waals surface area (Å²) in [5, 5.41) is 5.62. The van der Waals surface area contributed by atoms with E-state index < -0.39 is 15.9 Å². The van der Waals surface area contributed by atoms with E-state index in [2.05, 4.69) is 15.4 Å². The highest BCUT2D eigenvalue weighted by atomic mass is 32.2. The van der Waals surface area contributed by atoms with Crippen LogP contribution in [0.5, 0.6) is 0 Å². The minimum absolute atomic E-state index is 0.0327. The van der Waals surface area contributed by atoms with Crippen molar-refractivity contribution >= 4 is 33.2 Å². The molecule has 1 heterocycles. The van der Waals surface area contributed by atoms with Gasteiger partial charge in [0.25, 0.3) is 5.91 Å². The first-order valence-electron chi connectivity index (χ1n) is 10.8.